The van der Waals surface area contributed by atoms with E-state index in [9.17, 15) is 9.59 Å². The molecule has 3 atom stereocenters. The van der Waals surface area contributed by atoms with Crippen LogP contribution >= 0.6 is 0 Å². The lowest BCUT2D eigenvalue weighted by molar-refractivity contribution is -0.123. The highest BCUT2D eigenvalue weighted by Gasteiger charge is 2.40. The summed E-state index contributed by atoms with van der Waals surface area (Å²) >= 11 is 0. The molecule has 0 aliphatic heterocycles. The molecule has 0 heterocycles. The summed E-state index contributed by atoms with van der Waals surface area (Å²) in [6.07, 6.45) is 5.64. The van der Waals surface area contributed by atoms with Crippen LogP contribution in [-0.4, -0.2) is 11.8 Å². The molecule has 2 saturated carbocycles. The van der Waals surface area contributed by atoms with Gasteiger partial charge in [0, 0.05) is 12.0 Å². The van der Waals surface area contributed by atoms with Gasteiger partial charge in [0.2, 0.25) is 5.91 Å². The molecule has 112 valence electrons. The summed E-state index contributed by atoms with van der Waals surface area (Å²) < 4.78 is 0. The fourth-order valence-electron chi connectivity index (χ4n) is 3.82. The van der Waals surface area contributed by atoms with Gasteiger partial charge in [-0.2, -0.15) is 0 Å². The van der Waals surface area contributed by atoms with Gasteiger partial charge in [0.15, 0.2) is 0 Å². The molecule has 0 unspecified atom stereocenters. The fraction of sp³-hybridized carbons (Fsp3) is 0.529. The highest BCUT2D eigenvalue weighted by molar-refractivity contribution is 5.95. The number of hydrogen-bond acceptors (Lipinski definition) is 2. The Morgan fingerprint density at radius 2 is 1.86 bits per heavy atom. The number of fused-ring (bicyclic) bond motifs is 2. The van der Waals surface area contributed by atoms with Crippen LogP contribution in [0.4, 0.5) is 0 Å². The van der Waals surface area contributed by atoms with Crippen LogP contribution < -0.4 is 10.9 Å². The first-order chi connectivity index (χ1) is 10.1. The Kier molecular flexibility index (Phi) is 3.95. The standard InChI is InChI=1S/C17H22N2O2/c1-11-2-5-13(6-3-11)17(21)19-18-16(20)10-15-9-12-4-7-14(15)8-12/h2-3,5-6,12,14-15H,4,7-10H2,1H3,(H,18,20)(H,19,21)/t12-,14+,15+/m0/s1. The van der Waals surface area contributed by atoms with Crippen molar-refractivity contribution in [1.29, 1.82) is 0 Å². The molecule has 0 radical (unpaired) electrons. The number of nitrogens with one attached hydrogen (secondary N) is 2. The molecule has 1 aromatic rings. The lowest BCUT2D eigenvalue weighted by Crippen LogP contribution is -2.42. The number of benzene rings is 1. The maximum atomic E-state index is 11.9. The first-order valence-electron chi connectivity index (χ1n) is 7.77. The lowest BCUT2D eigenvalue weighted by Gasteiger charge is -2.20. The van der Waals surface area contributed by atoms with Crippen LogP contribution in [0.25, 0.3) is 0 Å². The Balaban J connectivity index is 1.45. The Hall–Kier alpha value is -1.84. The van der Waals surface area contributed by atoms with E-state index >= 15 is 0 Å². The molecule has 2 bridgehead atoms. The van der Waals surface area contributed by atoms with Crippen LogP contribution in [0.2, 0.25) is 0 Å². The first kappa shape index (κ1) is 14.1. The van der Waals surface area contributed by atoms with Gasteiger partial charge in [0.1, 0.15) is 0 Å². The largest absolute Gasteiger partial charge is 0.273 e. The van der Waals surface area contributed by atoms with Crippen LogP contribution in [0.5, 0.6) is 0 Å². The molecule has 4 heteroatoms. The number of amides is 2. The zero-order valence-corrected chi connectivity index (χ0v) is 12.4. The Morgan fingerprint density at radius 1 is 1.10 bits per heavy atom. The second-order valence-corrected chi connectivity index (χ2v) is 6.51. The highest BCUT2D eigenvalue weighted by atomic mass is 16.2. The van der Waals surface area contributed by atoms with Crippen LogP contribution in [-0.2, 0) is 4.79 Å². The predicted octanol–water partition coefficient (Wildman–Crippen LogP) is 2.58. The number of rotatable bonds is 3. The summed E-state index contributed by atoms with van der Waals surface area (Å²) in [7, 11) is 0. The van der Waals surface area contributed by atoms with Crippen molar-refractivity contribution in [2.45, 2.75) is 39.0 Å². The van der Waals surface area contributed by atoms with Crippen molar-refractivity contribution in [2.75, 3.05) is 0 Å². The molecule has 2 amide bonds. The van der Waals surface area contributed by atoms with E-state index in [-0.39, 0.29) is 11.8 Å². The van der Waals surface area contributed by atoms with E-state index in [4.69, 9.17) is 0 Å². The lowest BCUT2D eigenvalue weighted by atomic mass is 9.86. The second kappa shape index (κ2) is 5.88. The van der Waals surface area contributed by atoms with Gasteiger partial charge in [0.05, 0.1) is 0 Å². The van der Waals surface area contributed by atoms with Gasteiger partial charge in [-0.25, -0.2) is 0 Å². The quantitative estimate of drug-likeness (QED) is 0.839. The zero-order chi connectivity index (χ0) is 14.8. The second-order valence-electron chi connectivity index (χ2n) is 6.51. The van der Waals surface area contributed by atoms with Crippen LogP contribution in [0, 0.1) is 24.7 Å². The minimum absolute atomic E-state index is 0.0759. The molecule has 2 aliphatic carbocycles. The maximum absolute atomic E-state index is 11.9. The molecule has 2 fully saturated rings. The van der Waals surface area contributed by atoms with Gasteiger partial charge in [-0.15, -0.1) is 0 Å². The van der Waals surface area contributed by atoms with Crippen molar-refractivity contribution in [3.8, 4) is 0 Å². The molecule has 4 nitrogen and oxygen atoms in total. The molecule has 2 N–H and O–H groups in total. The molecule has 0 spiro atoms. The van der Waals surface area contributed by atoms with E-state index in [0.717, 1.165) is 17.4 Å². The molecule has 21 heavy (non-hydrogen) atoms. The smallest absolute Gasteiger partial charge is 0.269 e. The van der Waals surface area contributed by atoms with Crippen molar-refractivity contribution < 1.29 is 9.59 Å². The Bertz CT molecular complexity index is 538. The Morgan fingerprint density at radius 3 is 2.48 bits per heavy atom. The van der Waals surface area contributed by atoms with Crippen LogP contribution in [0.3, 0.4) is 0 Å². The fourth-order valence-corrected chi connectivity index (χ4v) is 3.82. The van der Waals surface area contributed by atoms with E-state index in [0.29, 0.717) is 17.9 Å². The number of hydrogen-bond donors (Lipinski definition) is 2. The molecule has 2 aliphatic rings. The van der Waals surface area contributed by atoms with Gasteiger partial charge in [-0.1, -0.05) is 24.1 Å². The summed E-state index contributed by atoms with van der Waals surface area (Å²) in [5.41, 5.74) is 6.70. The van der Waals surface area contributed by atoms with Crippen molar-refractivity contribution in [3.63, 3.8) is 0 Å². The summed E-state index contributed by atoms with van der Waals surface area (Å²) in [5.74, 6) is 1.74. The van der Waals surface area contributed by atoms with Crippen LogP contribution in [0.1, 0.15) is 48.0 Å². The van der Waals surface area contributed by atoms with E-state index in [1.807, 2.05) is 19.1 Å². The van der Waals surface area contributed by atoms with E-state index in [2.05, 4.69) is 10.9 Å². The van der Waals surface area contributed by atoms with Crippen molar-refractivity contribution >= 4 is 11.8 Å². The van der Waals surface area contributed by atoms with Gasteiger partial charge in [-0.05, 0) is 56.1 Å². The highest BCUT2D eigenvalue weighted by Crippen LogP contribution is 2.49. The molecule has 0 saturated heterocycles. The first-order valence-corrected chi connectivity index (χ1v) is 7.77. The van der Waals surface area contributed by atoms with Gasteiger partial charge < -0.3 is 0 Å². The topological polar surface area (TPSA) is 58.2 Å². The molecule has 1 aromatic carbocycles. The predicted molar refractivity (Wildman–Crippen MR) is 80.3 cm³/mol. The normalized spacial score (nSPS) is 26.6. The summed E-state index contributed by atoms with van der Waals surface area (Å²) in [5, 5.41) is 0. The van der Waals surface area contributed by atoms with Gasteiger partial charge >= 0.3 is 0 Å². The average molecular weight is 286 g/mol. The van der Waals surface area contributed by atoms with Gasteiger partial charge in [0.25, 0.3) is 5.91 Å². The summed E-state index contributed by atoms with van der Waals surface area (Å²) in [6.45, 7) is 1.97. The average Bonchev–Trinajstić information content (AvgIpc) is 3.08. The summed E-state index contributed by atoms with van der Waals surface area (Å²) in [6, 6.07) is 7.28. The minimum Gasteiger partial charge on any atom is -0.273 e. The summed E-state index contributed by atoms with van der Waals surface area (Å²) in [4.78, 5) is 23.8. The third kappa shape index (κ3) is 3.26. The van der Waals surface area contributed by atoms with Crippen LogP contribution in [0.15, 0.2) is 24.3 Å². The van der Waals surface area contributed by atoms with E-state index in [1.54, 1.807) is 12.1 Å². The van der Waals surface area contributed by atoms with E-state index in [1.165, 1.54) is 25.7 Å². The molecule has 3 rings (SSSR count). The number of hydrazine groups is 1. The van der Waals surface area contributed by atoms with Crippen molar-refractivity contribution in [1.82, 2.24) is 10.9 Å². The molecule has 0 aromatic heterocycles. The maximum Gasteiger partial charge on any atom is 0.269 e. The SMILES string of the molecule is Cc1ccc(C(=O)NNC(=O)C[C@H]2C[C@H]3CC[C@@H]2C3)cc1. The number of carbonyl (C=O) groups excluding carboxylic acids is 2. The molecular formula is C17H22N2O2. The number of carbonyl (C=O) groups is 2. The number of aryl methyl sites for hydroxylation is 1. The Labute approximate surface area is 125 Å². The third-order valence-electron chi connectivity index (χ3n) is 4.96. The van der Waals surface area contributed by atoms with Crippen molar-refractivity contribution in [2.24, 2.45) is 17.8 Å². The monoisotopic (exact) mass is 286 g/mol. The van der Waals surface area contributed by atoms with Crippen molar-refractivity contribution in [3.05, 3.63) is 35.4 Å². The molecular weight excluding hydrogens is 264 g/mol. The van der Waals surface area contributed by atoms with E-state index < -0.39 is 0 Å². The zero-order valence-electron chi connectivity index (χ0n) is 12.4. The third-order valence-corrected chi connectivity index (χ3v) is 4.96. The minimum atomic E-state index is -0.267. The van der Waals surface area contributed by atoms with Gasteiger partial charge in [-0.3, -0.25) is 20.4 Å².